The van der Waals surface area contributed by atoms with Crippen LogP contribution in [0.25, 0.3) is 32.7 Å². The van der Waals surface area contributed by atoms with Gasteiger partial charge in [-0.25, -0.2) is 12.7 Å². The summed E-state index contributed by atoms with van der Waals surface area (Å²) in [6, 6.07) is 50.5. The van der Waals surface area contributed by atoms with E-state index in [1.165, 1.54) is 22.0 Å². The maximum absolute atomic E-state index is 15.8. The van der Waals surface area contributed by atoms with Gasteiger partial charge in [-0.1, -0.05) is 148 Å². The summed E-state index contributed by atoms with van der Waals surface area (Å²) in [5, 5.41) is 4.68. The predicted molar refractivity (Wildman–Crippen MR) is 302 cm³/mol. The molecule has 73 heavy (non-hydrogen) atoms. The topological polar surface area (TPSA) is 98.0 Å². The van der Waals surface area contributed by atoms with Gasteiger partial charge in [-0.05, 0) is 127 Å². The van der Waals surface area contributed by atoms with Crippen LogP contribution >= 0.6 is 0 Å². The van der Waals surface area contributed by atoms with Crippen molar-refractivity contribution in [3.63, 3.8) is 0 Å². The molecule has 3 aliphatic rings. The first-order chi connectivity index (χ1) is 35.0. The molecule has 0 aromatic heterocycles. The molecule has 1 aliphatic carbocycles. The van der Waals surface area contributed by atoms with Crippen molar-refractivity contribution in [2.75, 3.05) is 28.0 Å². The highest BCUT2D eigenvalue weighted by atomic mass is 32.2. The molecular weight excluding hydrogens is 943 g/mol. The maximum Gasteiger partial charge on any atom is 0.268 e. The van der Waals surface area contributed by atoms with Crippen LogP contribution in [0.2, 0.25) is 0 Å². The van der Waals surface area contributed by atoms with E-state index in [-0.39, 0.29) is 10.6 Å². The molecule has 372 valence electrons. The number of rotatable bonds is 16. The van der Waals surface area contributed by atoms with E-state index in [1.807, 2.05) is 67.6 Å². The minimum Gasteiger partial charge on any atom is -0.344 e. The van der Waals surface area contributed by atoms with Gasteiger partial charge < -0.3 is 4.90 Å². The van der Waals surface area contributed by atoms with Crippen LogP contribution in [0.5, 0.6) is 0 Å². The fourth-order valence-electron chi connectivity index (χ4n) is 11.6. The molecule has 1 N–H and O–H groups in total. The van der Waals surface area contributed by atoms with Gasteiger partial charge in [0.2, 0.25) is 5.69 Å². The zero-order valence-electron chi connectivity index (χ0n) is 42.6. The first-order valence-electron chi connectivity index (χ1n) is 25.6. The molecule has 0 saturated heterocycles. The van der Waals surface area contributed by atoms with Crippen LogP contribution in [0, 0.1) is 6.92 Å². The molecule has 7 aromatic carbocycles. The molecule has 10 rings (SSSR count). The van der Waals surface area contributed by atoms with Crippen molar-refractivity contribution in [1.82, 2.24) is 0 Å². The summed E-state index contributed by atoms with van der Waals surface area (Å²) in [6.45, 7) is 14.6. The minimum absolute atomic E-state index is 0.178. The summed E-state index contributed by atoms with van der Waals surface area (Å²) in [6.07, 6.45) is 12.7. The average Bonchev–Trinajstić information content (AvgIpc) is 3.88. The number of fused-ring (bicyclic) bond motifs is 7. The Kier molecular flexibility index (Phi) is 13.3. The van der Waals surface area contributed by atoms with E-state index >= 15 is 8.42 Å². The molecule has 0 amide bonds. The molecule has 2 heterocycles. The maximum atomic E-state index is 15.8. The number of sulfonamides is 1. The first kappa shape index (κ1) is 49.7. The molecule has 0 bridgehead atoms. The Labute approximate surface area is 431 Å². The first-order valence-corrected chi connectivity index (χ1v) is 28.6. The van der Waals surface area contributed by atoms with Crippen LogP contribution in [0.4, 0.5) is 17.1 Å². The molecule has 10 heteroatoms. The van der Waals surface area contributed by atoms with Crippen LogP contribution in [-0.2, 0) is 31.0 Å². The van der Waals surface area contributed by atoms with Gasteiger partial charge in [0.05, 0.1) is 27.4 Å². The highest BCUT2D eigenvalue weighted by molar-refractivity contribution is 7.93. The average molecular weight is 1010 g/mol. The van der Waals surface area contributed by atoms with Crippen molar-refractivity contribution in [2.24, 2.45) is 0 Å². The zero-order chi connectivity index (χ0) is 51.3. The Morgan fingerprint density at radius 2 is 1.26 bits per heavy atom. The molecule has 0 fully saturated rings. The summed E-state index contributed by atoms with van der Waals surface area (Å²) >= 11 is 0. The molecule has 7 aromatic rings. The summed E-state index contributed by atoms with van der Waals surface area (Å²) in [4.78, 5) is 2.46. The molecule has 0 spiro atoms. The van der Waals surface area contributed by atoms with E-state index in [9.17, 15) is 13.0 Å². The number of benzene rings is 7. The third-order valence-corrected chi connectivity index (χ3v) is 17.7. The molecule has 8 nitrogen and oxygen atoms in total. The molecular formula is C63H64N3O5S2+. The van der Waals surface area contributed by atoms with Gasteiger partial charge in [0.15, 0.2) is 5.71 Å². The van der Waals surface area contributed by atoms with Gasteiger partial charge in [0, 0.05) is 58.6 Å². The van der Waals surface area contributed by atoms with Gasteiger partial charge in [-0.3, -0.25) is 4.55 Å². The smallest absolute Gasteiger partial charge is 0.268 e. The third-order valence-electron chi connectivity index (χ3n) is 15.1. The quantitative estimate of drug-likeness (QED) is 0.0588. The highest BCUT2D eigenvalue weighted by Gasteiger charge is 2.46. The van der Waals surface area contributed by atoms with E-state index < -0.39 is 31.0 Å². The van der Waals surface area contributed by atoms with Gasteiger partial charge >= 0.3 is 0 Å². The Morgan fingerprint density at radius 3 is 1.95 bits per heavy atom. The van der Waals surface area contributed by atoms with E-state index in [1.54, 1.807) is 16.4 Å². The number of hydrogen-bond acceptors (Lipinski definition) is 5. The second-order valence-electron chi connectivity index (χ2n) is 20.7. The lowest BCUT2D eigenvalue weighted by Gasteiger charge is -2.29. The standard InChI is InChI=1S/C63H63N3O5S2/c1-7-8-18-41-64-55-37-31-45-21-12-14-25-49(45)59(55)62(3,4)57(64)39-35-53-51-27-16-17-28-52(51)54(61(53)66(47-23-10-9-11-24-47)73(70,71)48-33-29-44(2)30-34-48)36-40-58-63(5,6)60-50-26-15-13-22-46(50)32-38-56(60)65(58)42-19-20-43-72(67,68)69/h9-17,21-40H,7-8,18-20,41-43H2,1-6H3/p+1. The lowest BCUT2D eigenvalue weighted by atomic mass is 9.79. The second-order valence-corrected chi connectivity index (χ2v) is 24.1. The van der Waals surface area contributed by atoms with Gasteiger partial charge in [-0.2, -0.15) is 13.0 Å². The lowest BCUT2D eigenvalue weighted by Crippen LogP contribution is -2.31. The minimum atomic E-state index is -4.27. The fraction of sp³-hybridized carbons (Fsp3) is 0.254. The Balaban J connectivity index is 1.23. The second kappa shape index (κ2) is 19.5. The molecule has 0 unspecified atom stereocenters. The third kappa shape index (κ3) is 9.08. The van der Waals surface area contributed by atoms with Gasteiger partial charge in [0.25, 0.3) is 20.1 Å². The largest absolute Gasteiger partial charge is 0.344 e. The van der Waals surface area contributed by atoms with Gasteiger partial charge in [0.1, 0.15) is 6.54 Å². The van der Waals surface area contributed by atoms with Crippen LogP contribution in [0.3, 0.4) is 0 Å². The summed E-state index contributed by atoms with van der Waals surface area (Å²) in [7, 11) is -8.41. The number of unbranched alkanes of at least 4 members (excludes halogenated alkanes) is 3. The van der Waals surface area contributed by atoms with Crippen molar-refractivity contribution < 1.29 is 26.0 Å². The number of hydrogen-bond donors (Lipinski definition) is 1. The molecule has 2 aliphatic heterocycles. The summed E-state index contributed by atoms with van der Waals surface area (Å²) in [5.41, 5.74) is 11.2. The number of para-hydroxylation sites is 1. The number of nitrogens with zero attached hydrogens (tertiary/aromatic N) is 3. The Morgan fingerprint density at radius 1 is 0.630 bits per heavy atom. The summed E-state index contributed by atoms with van der Waals surface area (Å²) in [5.74, 6) is -0.320. The predicted octanol–water partition coefficient (Wildman–Crippen LogP) is 14.5. The van der Waals surface area contributed by atoms with E-state index in [4.69, 9.17) is 0 Å². The van der Waals surface area contributed by atoms with E-state index in [0.29, 0.717) is 30.8 Å². The van der Waals surface area contributed by atoms with Crippen molar-refractivity contribution in [2.45, 2.75) is 89.4 Å². The number of anilines is 2. The summed E-state index contributed by atoms with van der Waals surface area (Å²) < 4.78 is 68.9. The Bertz CT molecular complexity index is 3700. The van der Waals surface area contributed by atoms with Crippen molar-refractivity contribution >= 4 is 75.6 Å². The number of allylic oxidation sites excluding steroid dienone is 7. The highest BCUT2D eigenvalue weighted by Crippen LogP contribution is 2.53. The lowest BCUT2D eigenvalue weighted by molar-refractivity contribution is -0.438. The van der Waals surface area contributed by atoms with Crippen molar-refractivity contribution in [3.05, 3.63) is 215 Å². The molecule has 0 atom stereocenters. The molecule has 0 radical (unpaired) electrons. The number of aryl methyl sites for hydroxylation is 1. The van der Waals surface area contributed by atoms with Crippen LogP contribution in [0.1, 0.15) is 94.5 Å². The van der Waals surface area contributed by atoms with Gasteiger partial charge in [-0.15, -0.1) is 0 Å². The SMILES string of the molecule is CCCCC[N+]1=C(/C=C/C2=C(N(c3ccccc3)S(=O)(=O)c3ccc(C)cc3)C(=C/C=C3/N(CCCCS(=O)(=O)O)c4ccc5ccccc5c4C3(C)C)/c3ccccc32)C(C)(C)c2c1ccc1ccccc21. The normalized spacial score (nSPS) is 17.2. The van der Waals surface area contributed by atoms with Crippen LogP contribution in [-0.4, -0.2) is 50.5 Å². The van der Waals surface area contributed by atoms with Crippen molar-refractivity contribution in [1.29, 1.82) is 0 Å². The van der Waals surface area contributed by atoms with Crippen LogP contribution in [0.15, 0.2) is 192 Å². The zero-order valence-corrected chi connectivity index (χ0v) is 44.3. The Hall–Kier alpha value is -6.85. The molecule has 0 saturated carbocycles. The van der Waals surface area contributed by atoms with E-state index in [2.05, 4.69) is 147 Å². The monoisotopic (exact) mass is 1010 g/mol. The van der Waals surface area contributed by atoms with E-state index in [0.717, 1.165) is 87.1 Å². The fourth-order valence-corrected chi connectivity index (χ4v) is 13.7. The van der Waals surface area contributed by atoms with Crippen molar-refractivity contribution in [3.8, 4) is 0 Å². The van der Waals surface area contributed by atoms with Crippen LogP contribution < -0.4 is 9.21 Å².